The molecule has 0 radical (unpaired) electrons. The standard InChI is InChI=1S/C15H19N3O3/c1-2-11(6-8-19)9-17-14-3-4-15(18(20)21)13-10-16-7-5-12(13)14/h3-5,7,10-11,17,19H,2,6,8-9H2,1H3. The number of nitrogens with one attached hydrogen (secondary N) is 1. The van der Waals surface area contributed by atoms with Gasteiger partial charge in [0.1, 0.15) is 0 Å². The van der Waals surface area contributed by atoms with Crippen LogP contribution in [-0.4, -0.2) is 28.2 Å². The zero-order valence-electron chi connectivity index (χ0n) is 12.0. The summed E-state index contributed by atoms with van der Waals surface area (Å²) in [7, 11) is 0. The van der Waals surface area contributed by atoms with E-state index >= 15 is 0 Å². The molecule has 0 aliphatic rings. The van der Waals surface area contributed by atoms with Crippen LogP contribution in [-0.2, 0) is 0 Å². The van der Waals surface area contributed by atoms with Crippen LogP contribution in [0.4, 0.5) is 11.4 Å². The normalized spacial score (nSPS) is 12.3. The van der Waals surface area contributed by atoms with Gasteiger partial charge in [-0.25, -0.2) is 0 Å². The number of anilines is 1. The first-order chi connectivity index (χ1) is 10.2. The predicted molar refractivity (Wildman–Crippen MR) is 82.4 cm³/mol. The van der Waals surface area contributed by atoms with Crippen molar-refractivity contribution in [3.8, 4) is 0 Å². The number of nitro groups is 1. The van der Waals surface area contributed by atoms with Crippen molar-refractivity contribution >= 4 is 22.1 Å². The van der Waals surface area contributed by atoms with Crippen molar-refractivity contribution in [2.75, 3.05) is 18.5 Å². The molecule has 112 valence electrons. The molecule has 0 spiro atoms. The topological polar surface area (TPSA) is 88.3 Å². The molecule has 1 heterocycles. The lowest BCUT2D eigenvalue weighted by atomic mass is 10.0. The summed E-state index contributed by atoms with van der Waals surface area (Å²) in [6.45, 7) is 2.98. The maximum absolute atomic E-state index is 11.1. The quantitative estimate of drug-likeness (QED) is 0.604. The smallest absolute Gasteiger partial charge is 0.278 e. The molecule has 1 aromatic carbocycles. The molecule has 2 rings (SSSR count). The highest BCUT2D eigenvalue weighted by atomic mass is 16.6. The Labute approximate surface area is 123 Å². The van der Waals surface area contributed by atoms with Crippen molar-refractivity contribution in [1.82, 2.24) is 4.98 Å². The zero-order chi connectivity index (χ0) is 15.2. The highest BCUT2D eigenvalue weighted by Crippen LogP contribution is 2.30. The summed E-state index contributed by atoms with van der Waals surface area (Å²) in [6.07, 6.45) is 4.86. The lowest BCUT2D eigenvalue weighted by molar-refractivity contribution is -0.383. The van der Waals surface area contributed by atoms with Crippen LogP contribution in [0.25, 0.3) is 10.8 Å². The fourth-order valence-electron chi connectivity index (χ4n) is 2.38. The van der Waals surface area contributed by atoms with E-state index in [2.05, 4.69) is 17.2 Å². The van der Waals surface area contributed by atoms with Crippen LogP contribution in [0.1, 0.15) is 19.8 Å². The van der Waals surface area contributed by atoms with Crippen molar-refractivity contribution in [2.45, 2.75) is 19.8 Å². The number of nitrogens with zero attached hydrogens (tertiary/aromatic N) is 2. The van der Waals surface area contributed by atoms with Gasteiger partial charge >= 0.3 is 0 Å². The molecule has 0 amide bonds. The van der Waals surface area contributed by atoms with Gasteiger partial charge in [-0.3, -0.25) is 15.1 Å². The van der Waals surface area contributed by atoms with Gasteiger partial charge in [0, 0.05) is 42.7 Å². The van der Waals surface area contributed by atoms with E-state index in [0.717, 1.165) is 30.5 Å². The lowest BCUT2D eigenvalue weighted by Gasteiger charge is -2.16. The van der Waals surface area contributed by atoms with E-state index in [1.54, 1.807) is 18.3 Å². The van der Waals surface area contributed by atoms with Gasteiger partial charge in [-0.05, 0) is 24.5 Å². The van der Waals surface area contributed by atoms with Gasteiger partial charge in [-0.2, -0.15) is 0 Å². The highest BCUT2D eigenvalue weighted by Gasteiger charge is 2.14. The zero-order valence-corrected chi connectivity index (χ0v) is 12.0. The minimum atomic E-state index is -0.394. The van der Waals surface area contributed by atoms with E-state index in [1.165, 1.54) is 12.3 Å². The Kier molecular flexibility index (Phi) is 5.05. The monoisotopic (exact) mass is 289 g/mol. The molecule has 0 fully saturated rings. The van der Waals surface area contributed by atoms with E-state index < -0.39 is 4.92 Å². The van der Waals surface area contributed by atoms with Crippen LogP contribution in [0, 0.1) is 16.0 Å². The largest absolute Gasteiger partial charge is 0.396 e. The fraction of sp³-hybridized carbons (Fsp3) is 0.400. The Morgan fingerprint density at radius 3 is 2.86 bits per heavy atom. The molecular weight excluding hydrogens is 270 g/mol. The second-order valence-electron chi connectivity index (χ2n) is 4.98. The molecule has 2 aromatic rings. The average molecular weight is 289 g/mol. The molecule has 1 unspecified atom stereocenters. The maximum Gasteiger partial charge on any atom is 0.278 e. The van der Waals surface area contributed by atoms with E-state index in [4.69, 9.17) is 5.11 Å². The summed E-state index contributed by atoms with van der Waals surface area (Å²) in [6, 6.07) is 5.00. The number of fused-ring (bicyclic) bond motifs is 1. The third-order valence-corrected chi connectivity index (χ3v) is 3.69. The van der Waals surface area contributed by atoms with E-state index in [1.807, 2.05) is 0 Å². The van der Waals surface area contributed by atoms with Gasteiger partial charge < -0.3 is 10.4 Å². The molecular formula is C15H19N3O3. The van der Waals surface area contributed by atoms with Crippen LogP contribution in [0.2, 0.25) is 0 Å². The third kappa shape index (κ3) is 3.46. The SMILES string of the molecule is CCC(CCO)CNc1ccc([N+](=O)[O-])c2cnccc12. The molecule has 6 heteroatoms. The van der Waals surface area contributed by atoms with Crippen molar-refractivity contribution in [2.24, 2.45) is 5.92 Å². The Bertz CT molecular complexity index is 631. The molecule has 0 bridgehead atoms. The van der Waals surface area contributed by atoms with Crippen LogP contribution in [0.3, 0.4) is 0 Å². The molecule has 21 heavy (non-hydrogen) atoms. The molecule has 0 aliphatic carbocycles. The van der Waals surface area contributed by atoms with Gasteiger partial charge in [-0.1, -0.05) is 13.3 Å². The average Bonchev–Trinajstić information content (AvgIpc) is 2.50. The molecule has 0 aliphatic heterocycles. The van der Waals surface area contributed by atoms with Gasteiger partial charge in [0.05, 0.1) is 10.3 Å². The third-order valence-electron chi connectivity index (χ3n) is 3.69. The van der Waals surface area contributed by atoms with Crippen molar-refractivity contribution in [1.29, 1.82) is 0 Å². The summed E-state index contributed by atoms with van der Waals surface area (Å²) in [5.41, 5.74) is 0.917. The van der Waals surface area contributed by atoms with Crippen molar-refractivity contribution in [3.63, 3.8) is 0 Å². The maximum atomic E-state index is 11.1. The first kappa shape index (κ1) is 15.2. The van der Waals surface area contributed by atoms with E-state index in [9.17, 15) is 10.1 Å². The van der Waals surface area contributed by atoms with Crippen molar-refractivity contribution in [3.05, 3.63) is 40.7 Å². The number of aliphatic hydroxyl groups excluding tert-OH is 1. The number of hydrogen-bond acceptors (Lipinski definition) is 5. The predicted octanol–water partition coefficient (Wildman–Crippen LogP) is 2.96. The first-order valence-electron chi connectivity index (χ1n) is 7.03. The summed E-state index contributed by atoms with van der Waals surface area (Å²) in [5.74, 6) is 0.377. The van der Waals surface area contributed by atoms with Gasteiger partial charge in [-0.15, -0.1) is 0 Å². The summed E-state index contributed by atoms with van der Waals surface area (Å²) < 4.78 is 0. The molecule has 1 atom stereocenters. The van der Waals surface area contributed by atoms with Gasteiger partial charge in [0.25, 0.3) is 5.69 Å². The molecule has 6 nitrogen and oxygen atoms in total. The van der Waals surface area contributed by atoms with Gasteiger partial charge in [0.15, 0.2) is 0 Å². The van der Waals surface area contributed by atoms with E-state index in [-0.39, 0.29) is 12.3 Å². The number of non-ortho nitro benzene ring substituents is 1. The number of pyridine rings is 1. The van der Waals surface area contributed by atoms with E-state index in [0.29, 0.717) is 11.3 Å². The molecule has 0 saturated carbocycles. The minimum Gasteiger partial charge on any atom is -0.396 e. The second-order valence-corrected chi connectivity index (χ2v) is 4.98. The molecule has 2 N–H and O–H groups in total. The van der Waals surface area contributed by atoms with Crippen LogP contribution in [0.15, 0.2) is 30.6 Å². The van der Waals surface area contributed by atoms with Crippen molar-refractivity contribution < 1.29 is 10.0 Å². The second kappa shape index (κ2) is 6.99. The fourth-order valence-corrected chi connectivity index (χ4v) is 2.38. The first-order valence-corrected chi connectivity index (χ1v) is 7.03. The Hall–Kier alpha value is -2.21. The Morgan fingerprint density at radius 1 is 1.38 bits per heavy atom. The Morgan fingerprint density at radius 2 is 2.19 bits per heavy atom. The summed E-state index contributed by atoms with van der Waals surface area (Å²) >= 11 is 0. The Balaban J connectivity index is 2.29. The lowest BCUT2D eigenvalue weighted by Crippen LogP contribution is -2.15. The number of benzene rings is 1. The van der Waals surface area contributed by atoms with Crippen LogP contribution >= 0.6 is 0 Å². The van der Waals surface area contributed by atoms with Gasteiger partial charge in [0.2, 0.25) is 0 Å². The number of aromatic nitrogens is 1. The van der Waals surface area contributed by atoms with Crippen LogP contribution < -0.4 is 5.32 Å². The van der Waals surface area contributed by atoms with Crippen LogP contribution in [0.5, 0.6) is 0 Å². The number of hydrogen-bond donors (Lipinski definition) is 2. The highest BCUT2D eigenvalue weighted by molar-refractivity contribution is 5.99. The number of rotatable bonds is 7. The molecule has 1 aromatic heterocycles. The molecule has 0 saturated heterocycles. The number of aliphatic hydroxyl groups is 1. The summed E-state index contributed by atoms with van der Waals surface area (Å²) in [4.78, 5) is 14.6. The summed E-state index contributed by atoms with van der Waals surface area (Å²) in [5, 5.41) is 24.7. The minimum absolute atomic E-state index is 0.0612. The number of nitro benzene ring substituents is 1.